The monoisotopic (exact) mass is 451 g/mol. The second kappa shape index (κ2) is 11.1. The van der Waals surface area contributed by atoms with Gasteiger partial charge < -0.3 is 29.2 Å². The maximum Gasteiger partial charge on any atom is 0.230 e. The van der Waals surface area contributed by atoms with Crippen LogP contribution >= 0.6 is 11.8 Å². The number of anilines is 1. The molecule has 0 unspecified atom stereocenters. The molecule has 0 bridgehead atoms. The van der Waals surface area contributed by atoms with E-state index < -0.39 is 0 Å². The molecule has 1 saturated heterocycles. The Kier molecular flexibility index (Phi) is 8.24. The van der Waals surface area contributed by atoms with E-state index in [2.05, 4.69) is 20.4 Å². The van der Waals surface area contributed by atoms with Gasteiger partial charge in [-0.15, -0.1) is 10.2 Å². The minimum Gasteiger partial charge on any atom is -0.493 e. The maximum atomic E-state index is 12.4. The zero-order chi connectivity index (χ0) is 22.2. The van der Waals surface area contributed by atoms with Crippen LogP contribution in [0.4, 0.5) is 5.95 Å². The number of nitrogens with one attached hydrogen (secondary N) is 1. The fourth-order valence-electron chi connectivity index (χ4n) is 3.28. The van der Waals surface area contributed by atoms with E-state index in [1.807, 2.05) is 23.6 Å². The van der Waals surface area contributed by atoms with Crippen LogP contribution in [-0.4, -0.2) is 74.1 Å². The van der Waals surface area contributed by atoms with Gasteiger partial charge in [-0.2, -0.15) is 0 Å². The van der Waals surface area contributed by atoms with Crippen LogP contribution in [0.1, 0.15) is 12.5 Å². The van der Waals surface area contributed by atoms with E-state index in [0.717, 1.165) is 36.3 Å². The number of methoxy groups -OCH3 is 3. The first kappa shape index (κ1) is 23.0. The lowest BCUT2D eigenvalue weighted by Crippen LogP contribution is -2.38. The van der Waals surface area contributed by atoms with Crippen molar-refractivity contribution in [2.45, 2.75) is 25.2 Å². The number of amides is 1. The van der Waals surface area contributed by atoms with E-state index in [4.69, 9.17) is 18.9 Å². The number of nitrogens with zero attached hydrogens (tertiary/aromatic N) is 4. The van der Waals surface area contributed by atoms with E-state index in [-0.39, 0.29) is 11.7 Å². The Morgan fingerprint density at radius 3 is 2.39 bits per heavy atom. The first-order valence-corrected chi connectivity index (χ1v) is 11.0. The third-order valence-corrected chi connectivity index (χ3v) is 5.82. The van der Waals surface area contributed by atoms with Crippen molar-refractivity contribution in [3.05, 3.63) is 17.7 Å². The van der Waals surface area contributed by atoms with Gasteiger partial charge in [0.25, 0.3) is 0 Å². The minimum absolute atomic E-state index is 0.0997. The second-order valence-corrected chi connectivity index (χ2v) is 7.67. The summed E-state index contributed by atoms with van der Waals surface area (Å²) in [5.41, 5.74) is 0.846. The number of thioether (sulfide) groups is 1. The number of ether oxygens (including phenoxy) is 4. The van der Waals surface area contributed by atoms with Crippen LogP contribution in [-0.2, 0) is 22.6 Å². The third-order valence-electron chi connectivity index (χ3n) is 4.85. The van der Waals surface area contributed by atoms with E-state index in [0.29, 0.717) is 37.0 Å². The Morgan fingerprint density at radius 1 is 1.13 bits per heavy atom. The van der Waals surface area contributed by atoms with Crippen LogP contribution in [0, 0.1) is 0 Å². The molecule has 1 aromatic carbocycles. The molecule has 2 heterocycles. The Bertz CT molecular complexity index is 860. The highest BCUT2D eigenvalue weighted by Gasteiger charge is 2.20. The molecule has 11 heteroatoms. The molecular weight excluding hydrogens is 422 g/mol. The molecule has 3 rings (SSSR count). The molecule has 0 atom stereocenters. The lowest BCUT2D eigenvalue weighted by Gasteiger charge is -2.27. The normalized spacial score (nSPS) is 13.7. The third kappa shape index (κ3) is 5.53. The molecular formula is C20H29N5O5S. The van der Waals surface area contributed by atoms with Crippen molar-refractivity contribution in [3.8, 4) is 17.2 Å². The molecule has 1 amide bonds. The average molecular weight is 452 g/mol. The number of morpholine rings is 1. The Hall–Kier alpha value is -2.66. The molecule has 1 aliphatic rings. The summed E-state index contributed by atoms with van der Waals surface area (Å²) in [7, 11) is 4.68. The van der Waals surface area contributed by atoms with Gasteiger partial charge in [-0.3, -0.25) is 9.36 Å². The fraction of sp³-hybridized carbons (Fsp3) is 0.550. The van der Waals surface area contributed by atoms with Gasteiger partial charge >= 0.3 is 0 Å². The number of aromatic nitrogens is 3. The Balaban J connectivity index is 1.58. The maximum absolute atomic E-state index is 12.4. The molecule has 10 nitrogen and oxygen atoms in total. The summed E-state index contributed by atoms with van der Waals surface area (Å²) in [5.74, 6) is 2.58. The van der Waals surface area contributed by atoms with Gasteiger partial charge in [0.2, 0.25) is 17.6 Å². The van der Waals surface area contributed by atoms with E-state index in [9.17, 15) is 4.79 Å². The highest BCUT2D eigenvalue weighted by molar-refractivity contribution is 7.99. The molecule has 1 fully saturated rings. The second-order valence-electron chi connectivity index (χ2n) is 6.73. The number of carbonyl (C=O) groups excluding carboxylic acids is 1. The largest absolute Gasteiger partial charge is 0.493 e. The van der Waals surface area contributed by atoms with E-state index in [1.165, 1.54) is 11.8 Å². The van der Waals surface area contributed by atoms with Crippen LogP contribution in [0.3, 0.4) is 0 Å². The standard InChI is InChI=1S/C20H29N5O5S/c1-5-25-19(24-6-8-30-9-7-24)22-23-20(25)31-13-17(26)21-12-14-10-15(27-2)18(29-4)16(11-14)28-3/h10-11H,5-9,12-13H2,1-4H3,(H,21,26). The topological polar surface area (TPSA) is 100.0 Å². The van der Waals surface area contributed by atoms with Crippen LogP contribution in [0.15, 0.2) is 17.3 Å². The van der Waals surface area contributed by atoms with E-state index >= 15 is 0 Å². The van der Waals surface area contributed by atoms with Gasteiger partial charge in [0.15, 0.2) is 16.7 Å². The molecule has 31 heavy (non-hydrogen) atoms. The number of hydrogen-bond acceptors (Lipinski definition) is 9. The number of hydrogen-bond donors (Lipinski definition) is 1. The lowest BCUT2D eigenvalue weighted by molar-refractivity contribution is -0.118. The SMILES string of the molecule is CCn1c(SCC(=O)NCc2cc(OC)c(OC)c(OC)c2)nnc1N1CCOCC1. The smallest absolute Gasteiger partial charge is 0.230 e. The molecule has 0 radical (unpaired) electrons. The molecule has 0 saturated carbocycles. The highest BCUT2D eigenvalue weighted by atomic mass is 32.2. The summed E-state index contributed by atoms with van der Waals surface area (Å²) in [5, 5.41) is 12.3. The van der Waals surface area contributed by atoms with Gasteiger partial charge in [0, 0.05) is 26.2 Å². The quantitative estimate of drug-likeness (QED) is 0.540. The van der Waals surface area contributed by atoms with Gasteiger partial charge in [-0.1, -0.05) is 11.8 Å². The molecule has 1 aromatic heterocycles. The van der Waals surface area contributed by atoms with Crippen molar-refractivity contribution in [2.24, 2.45) is 0 Å². The first-order chi connectivity index (χ1) is 15.1. The highest BCUT2D eigenvalue weighted by Crippen LogP contribution is 2.38. The lowest BCUT2D eigenvalue weighted by atomic mass is 10.2. The number of rotatable bonds is 10. The van der Waals surface area contributed by atoms with Crippen LogP contribution < -0.4 is 24.4 Å². The van der Waals surface area contributed by atoms with Gasteiger partial charge in [0.1, 0.15) is 0 Å². The zero-order valence-electron chi connectivity index (χ0n) is 18.3. The Morgan fingerprint density at radius 2 is 1.81 bits per heavy atom. The van der Waals surface area contributed by atoms with Crippen molar-refractivity contribution in [1.29, 1.82) is 0 Å². The summed E-state index contributed by atoms with van der Waals surface area (Å²) in [6.45, 7) is 6.06. The summed E-state index contributed by atoms with van der Waals surface area (Å²) in [6, 6.07) is 3.63. The molecule has 170 valence electrons. The van der Waals surface area contributed by atoms with Crippen LogP contribution in [0.5, 0.6) is 17.2 Å². The van der Waals surface area contributed by atoms with Crippen LogP contribution in [0.2, 0.25) is 0 Å². The minimum atomic E-state index is -0.0997. The summed E-state index contributed by atoms with van der Waals surface area (Å²) >= 11 is 1.37. The van der Waals surface area contributed by atoms with Crippen molar-refractivity contribution < 1.29 is 23.7 Å². The van der Waals surface area contributed by atoms with Gasteiger partial charge in [0.05, 0.1) is 40.3 Å². The Labute approximate surface area is 186 Å². The molecule has 1 N–H and O–H groups in total. The number of carbonyl (C=O) groups is 1. The fourth-order valence-corrected chi connectivity index (χ4v) is 4.11. The van der Waals surface area contributed by atoms with Crippen molar-refractivity contribution in [1.82, 2.24) is 20.1 Å². The predicted octanol–water partition coefficient (Wildman–Crippen LogP) is 1.57. The number of benzene rings is 1. The molecule has 1 aliphatic heterocycles. The molecule has 0 aliphatic carbocycles. The zero-order valence-corrected chi connectivity index (χ0v) is 19.2. The molecule has 0 spiro atoms. The predicted molar refractivity (Wildman–Crippen MR) is 117 cm³/mol. The molecule has 2 aromatic rings. The van der Waals surface area contributed by atoms with Crippen molar-refractivity contribution >= 4 is 23.6 Å². The van der Waals surface area contributed by atoms with Gasteiger partial charge in [-0.05, 0) is 24.6 Å². The first-order valence-electron chi connectivity index (χ1n) is 10.1. The summed E-state index contributed by atoms with van der Waals surface area (Å²) in [6.07, 6.45) is 0. The summed E-state index contributed by atoms with van der Waals surface area (Å²) in [4.78, 5) is 14.6. The van der Waals surface area contributed by atoms with E-state index in [1.54, 1.807) is 21.3 Å². The van der Waals surface area contributed by atoms with Crippen LogP contribution in [0.25, 0.3) is 0 Å². The van der Waals surface area contributed by atoms with Crippen molar-refractivity contribution in [2.75, 3.05) is 58.3 Å². The average Bonchev–Trinajstić information content (AvgIpc) is 3.24. The van der Waals surface area contributed by atoms with Gasteiger partial charge in [-0.25, -0.2) is 0 Å². The summed E-state index contributed by atoms with van der Waals surface area (Å²) < 4.78 is 23.5. The van der Waals surface area contributed by atoms with Crippen molar-refractivity contribution in [3.63, 3.8) is 0 Å².